The molecule has 3 rings (SSSR count). The fourth-order valence-electron chi connectivity index (χ4n) is 2.07. The van der Waals surface area contributed by atoms with Crippen LogP contribution >= 0.6 is 34.8 Å². The highest BCUT2D eigenvalue weighted by Gasteiger charge is 2.18. The Kier molecular flexibility index (Phi) is 4.35. The Morgan fingerprint density at radius 2 is 1.96 bits per heavy atom. The standard InChI is InChI=1S/C15H8Cl3NO4/c16-7-1-3-10-9(5-7)15(19-23-10)8-2-4-11(14(18)13(8)17)22-6-12(20)21/h1-5H,6H2,(H,20,21). The maximum atomic E-state index is 10.6. The smallest absolute Gasteiger partial charge is 0.341 e. The van der Waals surface area contributed by atoms with Crippen molar-refractivity contribution in [1.82, 2.24) is 5.16 Å². The third-order valence-electron chi connectivity index (χ3n) is 3.09. The molecule has 1 heterocycles. The molecule has 0 bridgehead atoms. The van der Waals surface area contributed by atoms with Crippen molar-refractivity contribution in [2.75, 3.05) is 6.61 Å². The number of hydrogen-bond acceptors (Lipinski definition) is 4. The van der Waals surface area contributed by atoms with Crippen LogP contribution in [0.3, 0.4) is 0 Å². The largest absolute Gasteiger partial charge is 0.480 e. The predicted molar refractivity (Wildman–Crippen MR) is 87.6 cm³/mol. The molecule has 0 spiro atoms. The topological polar surface area (TPSA) is 72.6 Å². The average molecular weight is 373 g/mol. The number of benzene rings is 2. The van der Waals surface area contributed by atoms with Crippen LogP contribution in [0.15, 0.2) is 34.9 Å². The molecule has 0 amide bonds. The summed E-state index contributed by atoms with van der Waals surface area (Å²) in [4.78, 5) is 10.6. The lowest BCUT2D eigenvalue weighted by atomic mass is 10.1. The summed E-state index contributed by atoms with van der Waals surface area (Å²) in [7, 11) is 0. The van der Waals surface area contributed by atoms with Crippen LogP contribution in [0.25, 0.3) is 22.2 Å². The number of aliphatic carboxylic acids is 1. The number of halogens is 3. The molecule has 0 radical (unpaired) electrons. The molecule has 23 heavy (non-hydrogen) atoms. The Bertz CT molecular complexity index is 907. The van der Waals surface area contributed by atoms with Crippen molar-refractivity contribution in [3.8, 4) is 17.0 Å². The second-order valence-electron chi connectivity index (χ2n) is 4.59. The second-order valence-corrected chi connectivity index (χ2v) is 5.79. The van der Waals surface area contributed by atoms with Gasteiger partial charge in [0.25, 0.3) is 0 Å². The number of rotatable bonds is 4. The first kappa shape index (κ1) is 15.9. The lowest BCUT2D eigenvalue weighted by molar-refractivity contribution is -0.139. The minimum absolute atomic E-state index is 0.101. The molecule has 5 nitrogen and oxygen atoms in total. The van der Waals surface area contributed by atoms with Crippen LogP contribution in [0.2, 0.25) is 15.1 Å². The minimum atomic E-state index is -1.11. The summed E-state index contributed by atoms with van der Waals surface area (Å²) in [5.41, 5.74) is 1.57. The molecule has 0 atom stereocenters. The first-order valence-corrected chi connectivity index (χ1v) is 7.48. The Morgan fingerprint density at radius 1 is 1.17 bits per heavy atom. The number of aromatic nitrogens is 1. The highest BCUT2D eigenvalue weighted by Crippen LogP contribution is 2.41. The molecule has 1 aromatic heterocycles. The number of hydrogen-bond donors (Lipinski definition) is 1. The summed E-state index contributed by atoms with van der Waals surface area (Å²) in [5, 5.41) is 14.2. The number of ether oxygens (including phenoxy) is 1. The molecule has 8 heteroatoms. The molecule has 1 N–H and O–H groups in total. The lowest BCUT2D eigenvalue weighted by Crippen LogP contribution is -2.09. The third-order valence-corrected chi connectivity index (χ3v) is 4.18. The lowest BCUT2D eigenvalue weighted by Gasteiger charge is -2.09. The summed E-state index contributed by atoms with van der Waals surface area (Å²) in [5.74, 6) is -0.938. The van der Waals surface area contributed by atoms with Gasteiger partial charge in [0.2, 0.25) is 0 Å². The highest BCUT2D eigenvalue weighted by molar-refractivity contribution is 6.44. The zero-order chi connectivity index (χ0) is 16.6. The Balaban J connectivity index is 2.07. The molecule has 0 saturated heterocycles. The molecule has 3 aromatic rings. The van der Waals surface area contributed by atoms with Crippen LogP contribution in [0.1, 0.15) is 0 Å². The summed E-state index contributed by atoms with van der Waals surface area (Å²) < 4.78 is 10.3. The first-order chi connectivity index (χ1) is 11.0. The number of carboxylic acids is 1. The van der Waals surface area contributed by atoms with E-state index in [4.69, 9.17) is 49.2 Å². The zero-order valence-electron chi connectivity index (χ0n) is 11.3. The van der Waals surface area contributed by atoms with E-state index in [1.165, 1.54) is 6.07 Å². The van der Waals surface area contributed by atoms with Gasteiger partial charge in [-0.3, -0.25) is 0 Å². The normalized spacial score (nSPS) is 10.9. The van der Waals surface area contributed by atoms with Crippen molar-refractivity contribution in [2.45, 2.75) is 0 Å². The quantitative estimate of drug-likeness (QED) is 0.704. The van der Waals surface area contributed by atoms with Gasteiger partial charge in [-0.15, -0.1) is 0 Å². The van der Waals surface area contributed by atoms with Gasteiger partial charge in [0.15, 0.2) is 12.2 Å². The number of nitrogens with zero attached hydrogens (tertiary/aromatic N) is 1. The van der Waals surface area contributed by atoms with Crippen LogP contribution < -0.4 is 4.74 Å². The monoisotopic (exact) mass is 371 g/mol. The molecule has 0 aliphatic carbocycles. The summed E-state index contributed by atoms with van der Waals surface area (Å²) >= 11 is 18.4. The van der Waals surface area contributed by atoms with Crippen molar-refractivity contribution in [3.63, 3.8) is 0 Å². The summed E-state index contributed by atoms with van der Waals surface area (Å²) in [6.45, 7) is -0.516. The molecule has 0 unspecified atom stereocenters. The van der Waals surface area contributed by atoms with E-state index in [9.17, 15) is 4.79 Å². The molecular formula is C15H8Cl3NO4. The molecular weight excluding hydrogens is 365 g/mol. The highest BCUT2D eigenvalue weighted by atomic mass is 35.5. The van der Waals surface area contributed by atoms with Gasteiger partial charge in [-0.05, 0) is 30.3 Å². The van der Waals surface area contributed by atoms with Gasteiger partial charge in [-0.25, -0.2) is 4.79 Å². The first-order valence-electron chi connectivity index (χ1n) is 6.35. The number of carbonyl (C=O) groups is 1. The van der Waals surface area contributed by atoms with Crippen molar-refractivity contribution < 1.29 is 19.2 Å². The van der Waals surface area contributed by atoms with E-state index in [0.29, 0.717) is 27.2 Å². The van der Waals surface area contributed by atoms with Crippen LogP contribution in [0, 0.1) is 0 Å². The summed E-state index contributed by atoms with van der Waals surface area (Å²) in [6, 6.07) is 8.26. The predicted octanol–water partition coefficient (Wildman–Crippen LogP) is 4.92. The van der Waals surface area contributed by atoms with Gasteiger partial charge in [-0.2, -0.15) is 0 Å². The van der Waals surface area contributed by atoms with Gasteiger partial charge in [0.1, 0.15) is 16.5 Å². The molecule has 2 aromatic carbocycles. The zero-order valence-corrected chi connectivity index (χ0v) is 13.6. The van der Waals surface area contributed by atoms with Crippen LogP contribution in [0.5, 0.6) is 5.75 Å². The van der Waals surface area contributed by atoms with E-state index in [1.807, 2.05) is 0 Å². The van der Waals surface area contributed by atoms with Crippen LogP contribution in [0.4, 0.5) is 0 Å². The van der Waals surface area contributed by atoms with E-state index in [1.54, 1.807) is 24.3 Å². The van der Waals surface area contributed by atoms with Gasteiger partial charge in [0.05, 0.1) is 10.4 Å². The van der Waals surface area contributed by atoms with Gasteiger partial charge >= 0.3 is 5.97 Å². The third kappa shape index (κ3) is 3.08. The van der Waals surface area contributed by atoms with Crippen molar-refractivity contribution >= 4 is 51.7 Å². The fraction of sp³-hybridized carbons (Fsp3) is 0.0667. The number of carboxylic acid groups (broad SMARTS) is 1. The summed E-state index contributed by atoms with van der Waals surface area (Å²) in [6.07, 6.45) is 0. The van der Waals surface area contributed by atoms with E-state index < -0.39 is 12.6 Å². The van der Waals surface area contributed by atoms with Crippen molar-refractivity contribution in [3.05, 3.63) is 45.4 Å². The maximum Gasteiger partial charge on any atom is 0.341 e. The Labute approximate surface area is 145 Å². The van der Waals surface area contributed by atoms with Gasteiger partial charge in [-0.1, -0.05) is 40.0 Å². The SMILES string of the molecule is O=C(O)COc1ccc(-c2noc3ccc(Cl)cc23)c(Cl)c1Cl. The van der Waals surface area contributed by atoms with E-state index in [0.717, 1.165) is 0 Å². The molecule has 0 aliphatic heterocycles. The second kappa shape index (κ2) is 6.28. The van der Waals surface area contributed by atoms with Gasteiger partial charge in [0, 0.05) is 10.6 Å². The molecule has 0 aliphatic rings. The number of fused-ring (bicyclic) bond motifs is 1. The van der Waals surface area contributed by atoms with Crippen LogP contribution in [-0.4, -0.2) is 22.8 Å². The molecule has 0 saturated carbocycles. The Hall–Kier alpha value is -1.95. The van der Waals surface area contributed by atoms with E-state index >= 15 is 0 Å². The average Bonchev–Trinajstić information content (AvgIpc) is 2.91. The fourth-order valence-corrected chi connectivity index (χ4v) is 2.71. The van der Waals surface area contributed by atoms with Crippen molar-refractivity contribution in [2.24, 2.45) is 0 Å². The maximum absolute atomic E-state index is 10.6. The van der Waals surface area contributed by atoms with Crippen LogP contribution in [-0.2, 0) is 4.79 Å². The minimum Gasteiger partial charge on any atom is -0.480 e. The van der Waals surface area contributed by atoms with E-state index in [2.05, 4.69) is 5.16 Å². The molecule has 0 fully saturated rings. The van der Waals surface area contributed by atoms with Crippen molar-refractivity contribution in [1.29, 1.82) is 0 Å². The Morgan fingerprint density at radius 3 is 2.70 bits per heavy atom. The van der Waals surface area contributed by atoms with Gasteiger partial charge < -0.3 is 14.4 Å². The molecule has 118 valence electrons. The van der Waals surface area contributed by atoms with E-state index in [-0.39, 0.29) is 15.8 Å².